The second-order valence-corrected chi connectivity index (χ2v) is 2.99. The largest absolute Gasteiger partial charge is 0.395 e. The summed E-state index contributed by atoms with van der Waals surface area (Å²) in [5.74, 6) is 0. The van der Waals surface area contributed by atoms with Gasteiger partial charge >= 0.3 is 6.18 Å². The maximum atomic E-state index is 11.8. The van der Waals surface area contributed by atoms with Gasteiger partial charge in [-0.3, -0.25) is 0 Å². The highest BCUT2D eigenvalue weighted by Crippen LogP contribution is 2.19. The minimum Gasteiger partial charge on any atom is -0.395 e. The quantitative estimate of drug-likeness (QED) is 0.688. The molecule has 0 atom stereocenters. The lowest BCUT2D eigenvalue weighted by molar-refractivity contribution is -0.138. The molecule has 1 N–H and O–H groups in total. The van der Waals surface area contributed by atoms with Crippen LogP contribution in [0.15, 0.2) is 0 Å². The lowest BCUT2D eigenvalue weighted by atomic mass is 10.3. The molecule has 0 aliphatic carbocycles. The van der Waals surface area contributed by atoms with E-state index in [0.717, 1.165) is 0 Å². The maximum absolute atomic E-state index is 11.8. The molecule has 0 heterocycles. The molecule has 3 nitrogen and oxygen atoms in total. The Morgan fingerprint density at radius 2 is 1.79 bits per heavy atom. The van der Waals surface area contributed by atoms with Gasteiger partial charge in [0.1, 0.15) is 0 Å². The molecule has 0 aliphatic rings. The Balaban J connectivity index is 3.72. The zero-order valence-electron chi connectivity index (χ0n) is 7.89. The van der Waals surface area contributed by atoms with Gasteiger partial charge in [-0.25, -0.2) is 5.11 Å². The van der Waals surface area contributed by atoms with Crippen molar-refractivity contribution in [3.8, 4) is 0 Å². The van der Waals surface area contributed by atoms with Gasteiger partial charge in [-0.15, -0.1) is 0 Å². The molecule has 14 heavy (non-hydrogen) atoms. The van der Waals surface area contributed by atoms with Gasteiger partial charge in [-0.1, -0.05) is 0 Å². The Labute approximate surface area is 81.1 Å². The van der Waals surface area contributed by atoms with Crippen LogP contribution >= 0.6 is 0 Å². The van der Waals surface area contributed by atoms with Crippen LogP contribution in [-0.2, 0) is 5.11 Å². The predicted octanol–water partition coefficient (Wildman–Crippen LogP) is 1.05. The van der Waals surface area contributed by atoms with Gasteiger partial charge in [0.2, 0.25) is 0 Å². The van der Waals surface area contributed by atoms with Crippen molar-refractivity contribution in [2.24, 2.45) is 0 Å². The number of hydrogen-bond donors (Lipinski definition) is 1. The Morgan fingerprint density at radius 3 is 2.21 bits per heavy atom. The van der Waals surface area contributed by atoms with Crippen molar-refractivity contribution in [1.82, 2.24) is 4.90 Å². The summed E-state index contributed by atoms with van der Waals surface area (Å²) in [6, 6.07) is 0. The topological polar surface area (TPSA) is 43.4 Å². The first-order valence-corrected chi connectivity index (χ1v) is 4.47. The molecule has 0 fully saturated rings. The monoisotopic (exact) mass is 214 g/mol. The van der Waals surface area contributed by atoms with Crippen LogP contribution in [0.2, 0.25) is 0 Å². The van der Waals surface area contributed by atoms with E-state index in [1.165, 1.54) is 4.90 Å². The van der Waals surface area contributed by atoms with E-state index in [1.807, 2.05) is 0 Å². The highest BCUT2D eigenvalue weighted by molar-refractivity contribution is 4.60. The molecule has 0 aromatic heterocycles. The number of aliphatic hydroxyl groups is 1. The molecular weight excluding hydrogens is 199 g/mol. The minimum absolute atomic E-state index is 0.149. The van der Waals surface area contributed by atoms with Crippen LogP contribution in [0.1, 0.15) is 12.8 Å². The highest BCUT2D eigenvalue weighted by atomic mass is 19.4. The second kappa shape index (κ2) is 7.03. The molecule has 0 aromatic rings. The van der Waals surface area contributed by atoms with E-state index in [9.17, 15) is 18.3 Å². The number of aliphatic hydroxyl groups excluding tert-OH is 1. The van der Waals surface area contributed by atoms with Crippen molar-refractivity contribution < 1.29 is 23.4 Å². The molecule has 0 aromatic carbocycles. The average Bonchev–Trinajstić information content (AvgIpc) is 2.08. The smallest absolute Gasteiger partial charge is 0.390 e. The minimum atomic E-state index is -4.18. The van der Waals surface area contributed by atoms with Crippen molar-refractivity contribution >= 4 is 0 Å². The lowest BCUT2D eigenvalue weighted by Gasteiger charge is -2.21. The van der Waals surface area contributed by atoms with Gasteiger partial charge in [0.05, 0.1) is 19.6 Å². The molecule has 0 spiro atoms. The highest BCUT2D eigenvalue weighted by Gasteiger charge is 2.27. The number of rotatable bonds is 7. The summed E-state index contributed by atoms with van der Waals surface area (Å²) in [5.41, 5.74) is 0. The predicted molar refractivity (Wildman–Crippen MR) is 44.4 cm³/mol. The molecule has 6 heteroatoms. The molecule has 0 saturated carbocycles. The molecule has 0 unspecified atom stereocenters. The molecule has 0 aliphatic heterocycles. The third-order valence-corrected chi connectivity index (χ3v) is 1.75. The van der Waals surface area contributed by atoms with E-state index in [0.29, 0.717) is 13.0 Å². The zero-order chi connectivity index (χ0) is 11.0. The van der Waals surface area contributed by atoms with E-state index in [1.54, 1.807) is 0 Å². The number of alkyl halides is 3. The SMILES string of the molecule is [O]CCCN(CCO)CCC(F)(F)F. The van der Waals surface area contributed by atoms with Crippen LogP contribution in [0, 0.1) is 0 Å². The van der Waals surface area contributed by atoms with Gasteiger partial charge < -0.3 is 10.0 Å². The van der Waals surface area contributed by atoms with Gasteiger partial charge in [0, 0.05) is 19.6 Å². The molecule has 1 radical (unpaired) electrons. The van der Waals surface area contributed by atoms with E-state index in [2.05, 4.69) is 0 Å². The normalized spacial score (nSPS) is 12.4. The van der Waals surface area contributed by atoms with Crippen LogP contribution < -0.4 is 0 Å². The van der Waals surface area contributed by atoms with Crippen molar-refractivity contribution in [2.45, 2.75) is 19.0 Å². The van der Waals surface area contributed by atoms with Crippen LogP contribution in [0.5, 0.6) is 0 Å². The third-order valence-electron chi connectivity index (χ3n) is 1.75. The van der Waals surface area contributed by atoms with Crippen molar-refractivity contribution in [2.75, 3.05) is 32.8 Å². The number of hydrogen-bond acceptors (Lipinski definition) is 2. The molecule has 0 bridgehead atoms. The van der Waals surface area contributed by atoms with Crippen LogP contribution in [-0.4, -0.2) is 49.0 Å². The summed E-state index contributed by atoms with van der Waals surface area (Å²) in [5, 5.41) is 18.7. The first-order valence-electron chi connectivity index (χ1n) is 4.47. The zero-order valence-corrected chi connectivity index (χ0v) is 7.89. The third kappa shape index (κ3) is 8.28. The van der Waals surface area contributed by atoms with Gasteiger partial charge in [0.15, 0.2) is 0 Å². The summed E-state index contributed by atoms with van der Waals surface area (Å²) < 4.78 is 35.5. The number of halogens is 3. The standard InChI is InChI=1S/C8H15F3NO2/c9-8(10,11)2-4-12(5-7-14)3-1-6-13/h14H,1-7H2. The Morgan fingerprint density at radius 1 is 1.14 bits per heavy atom. The van der Waals surface area contributed by atoms with Crippen LogP contribution in [0.25, 0.3) is 0 Å². The second-order valence-electron chi connectivity index (χ2n) is 2.99. The van der Waals surface area contributed by atoms with E-state index in [4.69, 9.17) is 5.11 Å². The molecule has 0 saturated heterocycles. The summed E-state index contributed by atoms with van der Waals surface area (Å²) >= 11 is 0. The average molecular weight is 214 g/mol. The first-order chi connectivity index (χ1) is 6.49. The Bertz CT molecular complexity index is 141. The fourth-order valence-corrected chi connectivity index (χ4v) is 1.05. The van der Waals surface area contributed by atoms with Crippen molar-refractivity contribution in [3.05, 3.63) is 0 Å². The van der Waals surface area contributed by atoms with E-state index in [-0.39, 0.29) is 26.3 Å². The van der Waals surface area contributed by atoms with Gasteiger partial charge in [0.25, 0.3) is 0 Å². The van der Waals surface area contributed by atoms with E-state index >= 15 is 0 Å². The fraction of sp³-hybridized carbons (Fsp3) is 1.00. The Kier molecular flexibility index (Phi) is 6.86. The number of nitrogens with zero attached hydrogens (tertiary/aromatic N) is 1. The first kappa shape index (κ1) is 13.7. The lowest BCUT2D eigenvalue weighted by Crippen LogP contribution is -2.32. The van der Waals surface area contributed by atoms with Gasteiger partial charge in [-0.2, -0.15) is 13.2 Å². The molecular formula is C8H15F3NO2. The molecule has 0 amide bonds. The van der Waals surface area contributed by atoms with Crippen molar-refractivity contribution in [3.63, 3.8) is 0 Å². The van der Waals surface area contributed by atoms with Gasteiger partial charge in [-0.05, 0) is 6.42 Å². The summed E-state index contributed by atoms with van der Waals surface area (Å²) in [6.45, 7) is -0.120. The molecule has 0 rings (SSSR count). The van der Waals surface area contributed by atoms with Crippen LogP contribution in [0.3, 0.4) is 0 Å². The summed E-state index contributed by atoms with van der Waals surface area (Å²) in [4.78, 5) is 1.45. The Hall–Kier alpha value is -0.330. The molecule has 85 valence electrons. The fourth-order valence-electron chi connectivity index (χ4n) is 1.05. The van der Waals surface area contributed by atoms with Crippen LogP contribution in [0.4, 0.5) is 13.2 Å². The maximum Gasteiger partial charge on any atom is 0.390 e. The van der Waals surface area contributed by atoms with Crippen molar-refractivity contribution in [1.29, 1.82) is 0 Å². The summed E-state index contributed by atoms with van der Waals surface area (Å²) in [7, 11) is 0. The summed E-state index contributed by atoms with van der Waals surface area (Å²) in [6.07, 6.45) is -4.76. The van der Waals surface area contributed by atoms with E-state index < -0.39 is 12.6 Å².